The van der Waals surface area contributed by atoms with Crippen LogP contribution in [0.15, 0.2) is 115 Å². The minimum absolute atomic E-state index is 0.819. The van der Waals surface area contributed by atoms with Crippen molar-refractivity contribution in [1.82, 2.24) is 4.57 Å². The monoisotopic (exact) mass is 552 g/mol. The number of aliphatic carboxylic acids is 1. The van der Waals surface area contributed by atoms with Crippen molar-refractivity contribution in [2.45, 2.75) is 19.6 Å². The maximum absolute atomic E-state index is 10.5. The van der Waals surface area contributed by atoms with Gasteiger partial charge in [0.25, 0.3) is 5.65 Å². The number of pyridine rings is 1. The second kappa shape index (κ2) is 11.3. The second-order valence-electron chi connectivity index (χ2n) is 8.48. The molecule has 0 bridgehead atoms. The Hall–Kier alpha value is -3.74. The van der Waals surface area contributed by atoms with Crippen LogP contribution in [0.5, 0.6) is 0 Å². The number of nitrogens with zero attached hydrogens (tertiary/aromatic N) is 2. The van der Waals surface area contributed by atoms with Gasteiger partial charge >= 0.3 is 6.18 Å². The molecule has 2 aromatic heterocycles. The van der Waals surface area contributed by atoms with E-state index in [0.717, 1.165) is 6.54 Å². The van der Waals surface area contributed by atoms with Crippen molar-refractivity contribution in [3.63, 3.8) is 0 Å². The van der Waals surface area contributed by atoms with Gasteiger partial charge in [0.05, 0.1) is 12.2 Å². The second-order valence-corrected chi connectivity index (χ2v) is 12.8. The van der Waals surface area contributed by atoms with Gasteiger partial charge in [0.1, 0.15) is 18.2 Å². The molecule has 0 N–H and O–H groups in total. The van der Waals surface area contributed by atoms with E-state index in [2.05, 4.69) is 131 Å². The maximum atomic E-state index is 10.5. The number of alkyl halides is 3. The number of halogens is 3. The fourth-order valence-corrected chi connectivity index (χ4v) is 8.73. The summed E-state index contributed by atoms with van der Waals surface area (Å²) in [4.78, 5) is 8.78. The van der Waals surface area contributed by atoms with Crippen LogP contribution < -0.4 is 25.6 Å². The first kappa shape index (κ1) is 27.3. The quantitative estimate of drug-likeness (QED) is 0.247. The smallest absolute Gasteiger partial charge is 0.430 e. The molecule has 2 heterocycles. The molecular weight excluding hydrogens is 528 g/mol. The van der Waals surface area contributed by atoms with E-state index < -0.39 is 18.2 Å². The first-order valence-electron chi connectivity index (χ1n) is 11.7. The number of aromatic nitrogens is 2. The van der Waals surface area contributed by atoms with E-state index in [1.54, 1.807) is 0 Å². The van der Waals surface area contributed by atoms with Crippen molar-refractivity contribution < 1.29 is 27.5 Å². The molecule has 5 rings (SSSR count). The first-order valence-corrected chi connectivity index (χ1v) is 14.5. The lowest BCUT2D eigenvalue weighted by atomic mass is 10.2. The molecule has 0 aliphatic carbocycles. The number of carboxylic acids is 1. The normalized spacial score (nSPS) is 11.6. The summed E-state index contributed by atoms with van der Waals surface area (Å²) in [6.07, 6.45) is -3.04. The van der Waals surface area contributed by atoms with E-state index in [1.807, 2.05) is 0 Å². The van der Waals surface area contributed by atoms with Crippen molar-refractivity contribution in [2.24, 2.45) is 0 Å². The molecule has 194 valence electrons. The van der Waals surface area contributed by atoms with Crippen LogP contribution in [0, 0.1) is 6.92 Å². The Labute approximate surface area is 223 Å². The average Bonchev–Trinajstić information content (AvgIpc) is 3.21. The third-order valence-electron chi connectivity index (χ3n) is 6.02. The third-order valence-corrected chi connectivity index (χ3v) is 11.0. The minimum Gasteiger partial charge on any atom is -0.542 e. The molecule has 0 saturated carbocycles. The van der Waals surface area contributed by atoms with Crippen LogP contribution in [-0.2, 0) is 23.1 Å². The Balaban J connectivity index is 0.000000426. The van der Waals surface area contributed by atoms with Crippen molar-refractivity contribution in [2.75, 3.05) is 0 Å². The van der Waals surface area contributed by atoms with Crippen molar-refractivity contribution >= 4 is 45.5 Å². The van der Waals surface area contributed by atoms with Crippen LogP contribution in [0.2, 0.25) is 0 Å². The van der Waals surface area contributed by atoms with E-state index >= 15 is 0 Å². The van der Waals surface area contributed by atoms with Gasteiger partial charge in [-0.25, -0.2) is 4.57 Å². The number of hydrogen-bond acceptors (Lipinski definition) is 3. The van der Waals surface area contributed by atoms with Crippen LogP contribution >= 0.6 is 6.04 Å². The number of imidazole rings is 1. The van der Waals surface area contributed by atoms with Crippen LogP contribution in [0.4, 0.5) is 13.2 Å². The molecule has 5 aromatic rings. The zero-order chi connectivity index (χ0) is 27.3. The van der Waals surface area contributed by atoms with Gasteiger partial charge in [-0.05, 0) is 22.2 Å². The summed E-state index contributed by atoms with van der Waals surface area (Å²) in [5.41, 5.74) is 4.91. The zero-order valence-corrected chi connectivity index (χ0v) is 22.1. The van der Waals surface area contributed by atoms with Gasteiger partial charge in [-0.15, -0.1) is 0 Å². The molecule has 38 heavy (non-hydrogen) atoms. The van der Waals surface area contributed by atoms with Crippen molar-refractivity contribution in [3.8, 4) is 0 Å². The van der Waals surface area contributed by atoms with Crippen molar-refractivity contribution in [3.05, 3.63) is 127 Å². The topological polar surface area (TPSA) is 49.2 Å². The standard InChI is InChI=1S/C27H24N2PS.C2HF3O2/c1-22-27(30(31,24-15-7-3-8-16-24)25-17-9-4-10-18-25)28-20-12-11-19-26(28)29(22)21-23-13-5-2-6-14-23;3-2(4,5)1(6)7/h2-20H,21H2,1H3;(H,6,7)/q+1;/p-1. The Morgan fingerprint density at radius 1 is 0.842 bits per heavy atom. The fraction of sp³-hybridized carbons (Fsp3) is 0.103. The molecule has 0 unspecified atom stereocenters. The summed E-state index contributed by atoms with van der Waals surface area (Å²) in [5.74, 6) is -3.01. The predicted molar refractivity (Wildman–Crippen MR) is 145 cm³/mol. The van der Waals surface area contributed by atoms with Crippen LogP contribution in [0.3, 0.4) is 0 Å². The Morgan fingerprint density at radius 3 is 1.76 bits per heavy atom. The van der Waals surface area contributed by atoms with Gasteiger partial charge in [0, 0.05) is 13.0 Å². The number of hydrogen-bond donors (Lipinski definition) is 0. The van der Waals surface area contributed by atoms with Crippen LogP contribution in [-0.4, -0.2) is 16.7 Å². The molecule has 0 fully saturated rings. The lowest BCUT2D eigenvalue weighted by molar-refractivity contribution is -0.490. The summed E-state index contributed by atoms with van der Waals surface area (Å²) in [5, 5.41) is 11.2. The number of carbonyl (C=O) groups excluding carboxylic acids is 1. The maximum Gasteiger partial charge on any atom is 0.430 e. The highest BCUT2D eigenvalue weighted by molar-refractivity contribution is 8.25. The number of fused-ring (bicyclic) bond motifs is 1. The molecule has 0 atom stereocenters. The Morgan fingerprint density at radius 2 is 1.29 bits per heavy atom. The molecule has 0 radical (unpaired) electrons. The number of carboxylic acid groups (broad SMARTS) is 1. The average molecular weight is 553 g/mol. The number of benzene rings is 3. The SMILES string of the molecule is Cc1c(P(=S)(c2ccccc2)c2ccccc2)[n+]2ccccc2n1Cc1ccccc1.O=C([O-])C(F)(F)F. The van der Waals surface area contributed by atoms with Gasteiger partial charge in [-0.2, -0.15) is 17.6 Å². The lowest BCUT2D eigenvalue weighted by Gasteiger charge is -2.21. The highest BCUT2D eigenvalue weighted by Gasteiger charge is 2.36. The molecule has 4 nitrogen and oxygen atoms in total. The Kier molecular flexibility index (Phi) is 8.14. The lowest BCUT2D eigenvalue weighted by Crippen LogP contribution is -2.42. The summed E-state index contributed by atoms with van der Waals surface area (Å²) < 4.78 is 36.3. The van der Waals surface area contributed by atoms with E-state index in [0.29, 0.717) is 0 Å². The van der Waals surface area contributed by atoms with Gasteiger partial charge < -0.3 is 9.90 Å². The van der Waals surface area contributed by atoms with Crippen LogP contribution in [0.25, 0.3) is 5.65 Å². The summed E-state index contributed by atoms with van der Waals surface area (Å²) >= 11 is 6.67. The summed E-state index contributed by atoms with van der Waals surface area (Å²) in [7, 11) is 0. The Bertz CT molecular complexity index is 1550. The molecule has 0 aliphatic heterocycles. The van der Waals surface area contributed by atoms with Gasteiger partial charge in [-0.1, -0.05) is 109 Å². The summed E-state index contributed by atoms with van der Waals surface area (Å²) in [6.45, 7) is 3.04. The zero-order valence-electron chi connectivity index (χ0n) is 20.4. The minimum atomic E-state index is -5.19. The van der Waals surface area contributed by atoms with Gasteiger partial charge in [-0.3, -0.25) is 0 Å². The molecular formula is C29H24F3N2O2PS. The summed E-state index contributed by atoms with van der Waals surface area (Å²) in [6, 6.07) is 36.0. The van der Waals surface area contributed by atoms with Crippen molar-refractivity contribution in [1.29, 1.82) is 0 Å². The van der Waals surface area contributed by atoms with Crippen LogP contribution in [0.1, 0.15) is 11.3 Å². The molecule has 0 spiro atoms. The molecule has 0 amide bonds. The largest absolute Gasteiger partial charge is 0.542 e. The van der Waals surface area contributed by atoms with E-state index in [-0.39, 0.29) is 0 Å². The van der Waals surface area contributed by atoms with E-state index in [1.165, 1.54) is 32.9 Å². The number of rotatable bonds is 5. The molecule has 0 saturated heterocycles. The van der Waals surface area contributed by atoms with Gasteiger partial charge in [0.2, 0.25) is 0 Å². The highest BCUT2D eigenvalue weighted by Crippen LogP contribution is 2.43. The van der Waals surface area contributed by atoms with E-state index in [4.69, 9.17) is 21.7 Å². The molecule has 0 aliphatic rings. The highest BCUT2D eigenvalue weighted by atomic mass is 32.4. The molecule has 3 aromatic carbocycles. The number of carbonyl (C=O) groups is 1. The molecule has 9 heteroatoms. The first-order chi connectivity index (χ1) is 18.1. The fourth-order valence-electron chi connectivity index (χ4n) is 4.31. The predicted octanol–water partition coefficient (Wildman–Crippen LogP) is 3.64. The van der Waals surface area contributed by atoms with E-state index in [9.17, 15) is 13.2 Å². The third kappa shape index (κ3) is 5.57. The van der Waals surface area contributed by atoms with Gasteiger partial charge in [0.15, 0.2) is 5.44 Å².